The Morgan fingerprint density at radius 2 is 1.95 bits per heavy atom. The van der Waals surface area contributed by atoms with Crippen LogP contribution in [0.25, 0.3) is 28.4 Å². The van der Waals surface area contributed by atoms with E-state index in [2.05, 4.69) is 35.5 Å². The smallest absolute Gasteiger partial charge is 0.251 e. The van der Waals surface area contributed by atoms with E-state index in [1.807, 2.05) is 25.1 Å². The molecule has 0 unspecified atom stereocenters. The maximum Gasteiger partial charge on any atom is 0.251 e. The number of benzene rings is 1. The van der Waals surface area contributed by atoms with Crippen LogP contribution in [0.1, 0.15) is 16.1 Å². The van der Waals surface area contributed by atoms with E-state index in [0.29, 0.717) is 46.4 Å². The van der Waals surface area contributed by atoms with Gasteiger partial charge in [0.25, 0.3) is 5.91 Å². The molecule has 1 aromatic carbocycles. The van der Waals surface area contributed by atoms with Crippen LogP contribution in [0.5, 0.6) is 11.6 Å². The highest BCUT2D eigenvalue weighted by molar-refractivity contribution is 5.94. The Bertz CT molecular complexity index is 1660. The number of pyridine rings is 2. The maximum atomic E-state index is 12.8. The van der Waals surface area contributed by atoms with Gasteiger partial charge in [-0.15, -0.1) is 0 Å². The first-order chi connectivity index (χ1) is 19.5. The summed E-state index contributed by atoms with van der Waals surface area (Å²) in [4.78, 5) is 28.8. The third kappa shape index (κ3) is 5.32. The van der Waals surface area contributed by atoms with E-state index in [1.54, 1.807) is 41.1 Å². The zero-order chi connectivity index (χ0) is 27.5. The summed E-state index contributed by atoms with van der Waals surface area (Å²) in [6, 6.07) is 14.4. The molecule has 1 saturated heterocycles. The number of hydrogen-bond acceptors (Lipinski definition) is 11. The fraction of sp³-hybridized carbons (Fsp3) is 0.259. The van der Waals surface area contributed by atoms with Crippen molar-refractivity contribution in [2.75, 3.05) is 45.1 Å². The maximum absolute atomic E-state index is 12.8. The van der Waals surface area contributed by atoms with E-state index in [1.165, 1.54) is 0 Å². The number of fused-ring (bicyclic) bond motifs is 1. The lowest BCUT2D eigenvalue weighted by atomic mass is 10.2. The van der Waals surface area contributed by atoms with Crippen molar-refractivity contribution in [3.05, 3.63) is 66.0 Å². The second kappa shape index (κ2) is 11.1. The Hall–Kier alpha value is -4.88. The number of ether oxygens (including phenoxy) is 2. The summed E-state index contributed by atoms with van der Waals surface area (Å²) >= 11 is 0. The summed E-state index contributed by atoms with van der Waals surface area (Å²) in [6.07, 6.45) is 1.59. The normalized spacial score (nSPS) is 13.9. The quantitative estimate of drug-likeness (QED) is 0.297. The molecule has 13 heteroatoms. The molecule has 0 aliphatic carbocycles. The first-order valence-electron chi connectivity index (χ1n) is 12.8. The van der Waals surface area contributed by atoms with Crippen LogP contribution in [0, 0.1) is 6.92 Å². The van der Waals surface area contributed by atoms with E-state index in [0.717, 1.165) is 38.5 Å². The molecule has 3 N–H and O–H groups in total. The van der Waals surface area contributed by atoms with Crippen LogP contribution in [0.2, 0.25) is 0 Å². The molecule has 0 bridgehead atoms. The molecule has 0 atom stereocenters. The average Bonchev–Trinajstić information content (AvgIpc) is 3.56. The predicted molar refractivity (Wildman–Crippen MR) is 145 cm³/mol. The minimum Gasteiger partial charge on any atom is -0.439 e. The van der Waals surface area contributed by atoms with Gasteiger partial charge in [-0.2, -0.15) is 0 Å². The molecular weight excluding hydrogens is 514 g/mol. The summed E-state index contributed by atoms with van der Waals surface area (Å²) in [5.41, 5.74) is 8.82. The van der Waals surface area contributed by atoms with Gasteiger partial charge in [0.2, 0.25) is 5.88 Å². The second-order valence-corrected chi connectivity index (χ2v) is 9.26. The largest absolute Gasteiger partial charge is 0.439 e. The third-order valence-electron chi connectivity index (χ3n) is 6.48. The Labute approximate surface area is 228 Å². The average molecular weight is 542 g/mol. The molecule has 1 aliphatic rings. The van der Waals surface area contributed by atoms with Crippen LogP contribution < -0.4 is 15.8 Å². The zero-order valence-electron chi connectivity index (χ0n) is 21.8. The van der Waals surface area contributed by atoms with Crippen molar-refractivity contribution >= 4 is 22.8 Å². The lowest BCUT2D eigenvalue weighted by Crippen LogP contribution is -2.41. The number of morpholine rings is 1. The predicted octanol–water partition coefficient (Wildman–Crippen LogP) is 2.61. The van der Waals surface area contributed by atoms with Crippen LogP contribution in [0.3, 0.4) is 0 Å². The number of nitrogens with one attached hydrogen (secondary N) is 1. The highest BCUT2D eigenvalue weighted by atomic mass is 16.6. The molecule has 5 heterocycles. The van der Waals surface area contributed by atoms with E-state index in [9.17, 15) is 4.79 Å². The standard InChI is InChI=1S/C27H27N9O4/c1-17-4-2-7-22(31-17)36-21-15-23(30-16-20(21)32-26(36)24-25(28)34-40-33-24)39-19-6-3-5-18(14-19)27(37)29-8-9-35-10-12-38-13-11-35/h2-7,14-16H,8-13H2,1H3,(H2,28,34)(H,29,37). The molecule has 1 aliphatic heterocycles. The molecule has 204 valence electrons. The number of carbonyl (C=O) groups excluding carboxylic acids is 1. The van der Waals surface area contributed by atoms with Gasteiger partial charge in [-0.25, -0.2) is 19.6 Å². The summed E-state index contributed by atoms with van der Waals surface area (Å²) < 4.78 is 18.1. The molecule has 0 radical (unpaired) electrons. The fourth-order valence-corrected chi connectivity index (χ4v) is 4.49. The lowest BCUT2D eigenvalue weighted by molar-refractivity contribution is 0.0383. The SMILES string of the molecule is Cc1cccc(-n2c(-c3nonc3N)nc3cnc(Oc4cccc(C(=O)NCCN5CCOCC5)c4)cc32)n1. The summed E-state index contributed by atoms with van der Waals surface area (Å²) in [7, 11) is 0. The van der Waals surface area contributed by atoms with Gasteiger partial charge in [0.15, 0.2) is 17.3 Å². The van der Waals surface area contributed by atoms with Crippen molar-refractivity contribution in [1.29, 1.82) is 0 Å². The molecule has 6 rings (SSSR count). The van der Waals surface area contributed by atoms with Crippen molar-refractivity contribution in [2.24, 2.45) is 0 Å². The van der Waals surface area contributed by atoms with Gasteiger partial charge in [0, 0.05) is 43.5 Å². The van der Waals surface area contributed by atoms with Crippen LogP contribution in [-0.2, 0) is 4.74 Å². The van der Waals surface area contributed by atoms with Crippen LogP contribution in [0.15, 0.2) is 59.4 Å². The monoisotopic (exact) mass is 541 g/mol. The highest BCUT2D eigenvalue weighted by Gasteiger charge is 2.22. The minimum atomic E-state index is -0.172. The number of amides is 1. The van der Waals surface area contributed by atoms with Gasteiger partial charge in [0.1, 0.15) is 17.1 Å². The summed E-state index contributed by atoms with van der Waals surface area (Å²) in [6.45, 7) is 6.42. The molecule has 40 heavy (non-hydrogen) atoms. The van der Waals surface area contributed by atoms with Crippen LogP contribution >= 0.6 is 0 Å². The van der Waals surface area contributed by atoms with Gasteiger partial charge in [-0.1, -0.05) is 12.1 Å². The van der Waals surface area contributed by atoms with Crippen molar-refractivity contribution in [2.45, 2.75) is 6.92 Å². The van der Waals surface area contributed by atoms with Gasteiger partial charge in [-0.3, -0.25) is 14.3 Å². The summed E-state index contributed by atoms with van der Waals surface area (Å²) in [5.74, 6) is 1.72. The lowest BCUT2D eigenvalue weighted by Gasteiger charge is -2.26. The van der Waals surface area contributed by atoms with Crippen molar-refractivity contribution in [1.82, 2.24) is 40.0 Å². The second-order valence-electron chi connectivity index (χ2n) is 9.26. The van der Waals surface area contributed by atoms with Crippen LogP contribution in [-0.4, -0.2) is 80.0 Å². The molecule has 0 spiro atoms. The number of aromatic nitrogens is 6. The molecule has 1 amide bonds. The van der Waals surface area contributed by atoms with E-state index < -0.39 is 0 Å². The molecule has 13 nitrogen and oxygen atoms in total. The number of carbonyl (C=O) groups is 1. The van der Waals surface area contributed by atoms with E-state index in [4.69, 9.17) is 19.8 Å². The molecule has 5 aromatic rings. The van der Waals surface area contributed by atoms with E-state index in [-0.39, 0.29) is 17.4 Å². The number of nitrogens with two attached hydrogens (primary N) is 1. The minimum absolute atomic E-state index is 0.105. The molecular formula is C27H27N9O4. The fourth-order valence-electron chi connectivity index (χ4n) is 4.49. The van der Waals surface area contributed by atoms with Crippen LogP contribution in [0.4, 0.5) is 5.82 Å². The molecule has 4 aromatic heterocycles. The highest BCUT2D eigenvalue weighted by Crippen LogP contribution is 2.31. The molecule has 0 saturated carbocycles. The Kier molecular flexibility index (Phi) is 7.04. The Morgan fingerprint density at radius 1 is 1.10 bits per heavy atom. The number of rotatable bonds is 8. The zero-order valence-corrected chi connectivity index (χ0v) is 21.8. The number of imidazole rings is 1. The van der Waals surface area contributed by atoms with Crippen molar-refractivity contribution in [3.8, 4) is 29.0 Å². The number of aryl methyl sites for hydroxylation is 1. The Morgan fingerprint density at radius 3 is 2.75 bits per heavy atom. The summed E-state index contributed by atoms with van der Waals surface area (Å²) in [5, 5.41) is 10.6. The van der Waals surface area contributed by atoms with Gasteiger partial charge >= 0.3 is 0 Å². The van der Waals surface area contributed by atoms with Crippen molar-refractivity contribution in [3.63, 3.8) is 0 Å². The van der Waals surface area contributed by atoms with E-state index >= 15 is 0 Å². The van der Waals surface area contributed by atoms with Gasteiger partial charge in [0.05, 0.1) is 24.9 Å². The third-order valence-corrected chi connectivity index (χ3v) is 6.48. The first-order valence-corrected chi connectivity index (χ1v) is 12.8. The number of nitrogen functional groups attached to an aromatic ring is 1. The first kappa shape index (κ1) is 25.4. The van der Waals surface area contributed by atoms with Crippen molar-refractivity contribution < 1.29 is 18.9 Å². The topological polar surface area (TPSA) is 159 Å². The number of nitrogens with zero attached hydrogens (tertiary/aromatic N) is 7. The molecule has 1 fully saturated rings. The van der Waals surface area contributed by atoms with Gasteiger partial charge < -0.3 is 20.5 Å². The van der Waals surface area contributed by atoms with Gasteiger partial charge in [-0.05, 0) is 47.6 Å². The number of anilines is 1. The Balaban J connectivity index is 1.26. The number of hydrogen-bond donors (Lipinski definition) is 2.